The Morgan fingerprint density at radius 2 is 2.04 bits per heavy atom. The Balaban J connectivity index is 1.99. The van der Waals surface area contributed by atoms with Crippen molar-refractivity contribution in [2.24, 2.45) is 10.1 Å². The fourth-order valence-corrected chi connectivity index (χ4v) is 3.63. The molecule has 2 heterocycles. The molecule has 0 atom stereocenters. The van der Waals surface area contributed by atoms with Gasteiger partial charge in [0.25, 0.3) is 0 Å². The minimum absolute atomic E-state index is 0.795. The molecule has 1 aromatic carbocycles. The van der Waals surface area contributed by atoms with Crippen LogP contribution in [0.1, 0.15) is 16.1 Å². The van der Waals surface area contributed by atoms with E-state index in [1.165, 1.54) is 5.56 Å². The molecular formula is C17H17N3OS2. The van der Waals surface area contributed by atoms with Crippen LogP contribution in [0.2, 0.25) is 0 Å². The van der Waals surface area contributed by atoms with Gasteiger partial charge in [0.2, 0.25) is 4.80 Å². The zero-order chi connectivity index (χ0) is 16.2. The first-order chi connectivity index (χ1) is 11.2. The summed E-state index contributed by atoms with van der Waals surface area (Å²) in [6.07, 6.45) is 1.89. The van der Waals surface area contributed by atoms with Gasteiger partial charge >= 0.3 is 0 Å². The van der Waals surface area contributed by atoms with E-state index in [1.54, 1.807) is 29.8 Å². The molecule has 0 amide bonds. The van der Waals surface area contributed by atoms with Gasteiger partial charge in [-0.25, -0.2) is 9.67 Å². The number of methoxy groups -OCH3 is 1. The summed E-state index contributed by atoms with van der Waals surface area (Å²) in [5, 5.41) is 8.72. The van der Waals surface area contributed by atoms with E-state index in [0.717, 1.165) is 26.8 Å². The molecule has 0 aliphatic rings. The number of hydrogen-bond donors (Lipinski definition) is 0. The summed E-state index contributed by atoms with van der Waals surface area (Å²) in [4.78, 5) is 6.68. The number of thiazole rings is 1. The summed E-state index contributed by atoms with van der Waals surface area (Å²) in [7, 11) is 1.65. The van der Waals surface area contributed by atoms with Crippen LogP contribution in [0.25, 0.3) is 0 Å². The first-order valence-corrected chi connectivity index (χ1v) is 8.87. The van der Waals surface area contributed by atoms with Crippen molar-refractivity contribution in [3.05, 3.63) is 62.0 Å². The highest BCUT2D eigenvalue weighted by Crippen LogP contribution is 2.19. The first kappa shape index (κ1) is 15.7. The molecule has 0 N–H and O–H groups in total. The van der Waals surface area contributed by atoms with E-state index in [2.05, 4.69) is 33.8 Å². The molecule has 118 valence electrons. The molecule has 0 unspecified atom stereocenters. The van der Waals surface area contributed by atoms with Gasteiger partial charge in [0, 0.05) is 11.4 Å². The molecule has 23 heavy (non-hydrogen) atoms. The maximum atomic E-state index is 5.25. The van der Waals surface area contributed by atoms with Crippen molar-refractivity contribution in [1.29, 1.82) is 0 Å². The number of hydrogen-bond acceptors (Lipinski definition) is 5. The summed E-state index contributed by atoms with van der Waals surface area (Å²) in [6, 6.07) is 9.80. The van der Waals surface area contributed by atoms with Crippen LogP contribution in [0.15, 0.2) is 51.2 Å². The van der Waals surface area contributed by atoms with Crippen molar-refractivity contribution in [1.82, 2.24) is 4.68 Å². The monoisotopic (exact) mass is 343 g/mol. The van der Waals surface area contributed by atoms with E-state index in [9.17, 15) is 0 Å². The standard InChI is InChI=1S/C17H17N3OS2/c1-12-7-8-22-16(12)10-18-20-13(2)11-23-17(20)19-14-5-4-6-15(9-14)21-3/h4-11H,1-3H3. The quantitative estimate of drug-likeness (QED) is 0.649. The smallest absolute Gasteiger partial charge is 0.211 e. The van der Waals surface area contributed by atoms with E-state index in [0.29, 0.717) is 0 Å². The van der Waals surface area contributed by atoms with Crippen LogP contribution in [0.5, 0.6) is 5.75 Å². The molecule has 2 aromatic heterocycles. The zero-order valence-electron chi connectivity index (χ0n) is 13.2. The molecule has 0 aliphatic heterocycles. The fourth-order valence-electron chi connectivity index (χ4n) is 2.02. The maximum absolute atomic E-state index is 5.25. The molecule has 0 bridgehead atoms. The van der Waals surface area contributed by atoms with Crippen molar-refractivity contribution in [2.75, 3.05) is 7.11 Å². The maximum Gasteiger partial charge on any atom is 0.211 e. The van der Waals surface area contributed by atoms with Crippen LogP contribution in [0.3, 0.4) is 0 Å². The minimum atomic E-state index is 0.795. The average Bonchev–Trinajstić information content (AvgIpc) is 3.12. The Kier molecular flexibility index (Phi) is 4.73. The van der Waals surface area contributed by atoms with E-state index in [1.807, 2.05) is 42.1 Å². The van der Waals surface area contributed by atoms with Gasteiger partial charge in [-0.2, -0.15) is 5.10 Å². The van der Waals surface area contributed by atoms with Crippen LogP contribution in [0, 0.1) is 13.8 Å². The number of nitrogens with zero attached hydrogens (tertiary/aromatic N) is 3. The van der Waals surface area contributed by atoms with E-state index < -0.39 is 0 Å². The predicted molar refractivity (Wildman–Crippen MR) is 97.3 cm³/mol. The van der Waals surface area contributed by atoms with Crippen molar-refractivity contribution < 1.29 is 4.74 Å². The van der Waals surface area contributed by atoms with E-state index >= 15 is 0 Å². The Morgan fingerprint density at radius 3 is 2.78 bits per heavy atom. The highest BCUT2D eigenvalue weighted by molar-refractivity contribution is 7.11. The second kappa shape index (κ2) is 6.93. The average molecular weight is 343 g/mol. The molecule has 0 aliphatic carbocycles. The van der Waals surface area contributed by atoms with Gasteiger partial charge in [-0.15, -0.1) is 22.7 Å². The van der Waals surface area contributed by atoms with Crippen molar-refractivity contribution in [3.8, 4) is 5.75 Å². The van der Waals surface area contributed by atoms with Crippen LogP contribution in [-0.2, 0) is 0 Å². The molecule has 6 heteroatoms. The van der Waals surface area contributed by atoms with E-state index in [4.69, 9.17) is 4.74 Å². The Labute approximate surface area is 143 Å². The molecule has 3 rings (SSSR count). The highest BCUT2D eigenvalue weighted by atomic mass is 32.1. The molecule has 0 spiro atoms. The van der Waals surface area contributed by atoms with Gasteiger partial charge in [0.1, 0.15) is 5.75 Å². The van der Waals surface area contributed by atoms with Crippen LogP contribution < -0.4 is 9.54 Å². The largest absolute Gasteiger partial charge is 0.497 e. The van der Waals surface area contributed by atoms with Crippen molar-refractivity contribution in [3.63, 3.8) is 0 Å². The van der Waals surface area contributed by atoms with Crippen molar-refractivity contribution in [2.45, 2.75) is 13.8 Å². The predicted octanol–water partition coefficient (Wildman–Crippen LogP) is 4.35. The Hall–Kier alpha value is -2.18. The van der Waals surface area contributed by atoms with Gasteiger partial charge in [-0.3, -0.25) is 0 Å². The second-order valence-electron chi connectivity index (χ2n) is 5.00. The van der Waals surface area contributed by atoms with Crippen LogP contribution >= 0.6 is 22.7 Å². The summed E-state index contributed by atoms with van der Waals surface area (Å²) >= 11 is 3.26. The number of benzene rings is 1. The Bertz CT molecular complexity index is 902. The van der Waals surface area contributed by atoms with Gasteiger partial charge in [-0.1, -0.05) is 6.07 Å². The van der Waals surface area contributed by atoms with E-state index in [-0.39, 0.29) is 0 Å². The van der Waals surface area contributed by atoms with Crippen LogP contribution in [-0.4, -0.2) is 18.0 Å². The third-order valence-electron chi connectivity index (χ3n) is 3.32. The molecule has 0 fully saturated rings. The third-order valence-corrected chi connectivity index (χ3v) is 5.21. The number of rotatable bonds is 4. The molecular weight excluding hydrogens is 326 g/mol. The lowest BCUT2D eigenvalue weighted by molar-refractivity contribution is 0.415. The van der Waals surface area contributed by atoms with Gasteiger partial charge in [0.05, 0.1) is 29.6 Å². The number of aryl methyl sites for hydroxylation is 2. The molecule has 4 nitrogen and oxygen atoms in total. The molecule has 0 saturated carbocycles. The third kappa shape index (κ3) is 3.60. The SMILES string of the molecule is COc1cccc(N=c2scc(C)n2N=Cc2sccc2C)c1. The molecule has 0 radical (unpaired) electrons. The van der Waals surface area contributed by atoms with Gasteiger partial charge < -0.3 is 4.74 Å². The summed E-state index contributed by atoms with van der Waals surface area (Å²) in [5.41, 5.74) is 3.14. The minimum Gasteiger partial charge on any atom is -0.497 e. The number of ether oxygens (including phenoxy) is 1. The lowest BCUT2D eigenvalue weighted by atomic mass is 10.3. The Morgan fingerprint density at radius 1 is 1.17 bits per heavy atom. The van der Waals surface area contributed by atoms with Gasteiger partial charge in [0.15, 0.2) is 0 Å². The van der Waals surface area contributed by atoms with Crippen LogP contribution in [0.4, 0.5) is 5.69 Å². The number of aromatic nitrogens is 1. The normalized spacial score (nSPS) is 12.2. The lowest BCUT2D eigenvalue weighted by Crippen LogP contribution is -2.11. The zero-order valence-corrected chi connectivity index (χ0v) is 14.8. The van der Waals surface area contributed by atoms with Gasteiger partial charge in [-0.05, 0) is 43.0 Å². The fraction of sp³-hybridized carbons (Fsp3) is 0.176. The number of thiophene rings is 1. The molecule has 0 saturated heterocycles. The summed E-state index contributed by atoms with van der Waals surface area (Å²) in [6.45, 7) is 4.12. The second-order valence-corrected chi connectivity index (χ2v) is 6.78. The first-order valence-electron chi connectivity index (χ1n) is 7.12. The topological polar surface area (TPSA) is 38.9 Å². The highest BCUT2D eigenvalue weighted by Gasteiger charge is 2.02. The molecule has 3 aromatic rings. The van der Waals surface area contributed by atoms with Crippen molar-refractivity contribution >= 4 is 34.6 Å². The summed E-state index contributed by atoms with van der Waals surface area (Å²) < 4.78 is 7.11. The lowest BCUT2D eigenvalue weighted by Gasteiger charge is -2.00. The summed E-state index contributed by atoms with van der Waals surface area (Å²) in [5.74, 6) is 0.795.